The van der Waals surface area contributed by atoms with Crippen molar-refractivity contribution < 1.29 is 26.7 Å². The van der Waals surface area contributed by atoms with Gasteiger partial charge in [-0.3, -0.25) is 19.6 Å². The van der Waals surface area contributed by atoms with Gasteiger partial charge in [0.25, 0.3) is 5.56 Å². The molecule has 3 rings (SSSR count). The average molecular weight is 486 g/mol. The fourth-order valence-corrected chi connectivity index (χ4v) is 3.84. The third-order valence-electron chi connectivity index (χ3n) is 4.89. The molecule has 12 heteroatoms. The number of amides is 1. The molecule has 0 aromatic carbocycles. The van der Waals surface area contributed by atoms with Crippen molar-refractivity contribution in [2.45, 2.75) is 37.4 Å². The molecule has 0 atom stereocenters. The van der Waals surface area contributed by atoms with E-state index in [4.69, 9.17) is 0 Å². The first-order valence-electron chi connectivity index (χ1n) is 9.67. The van der Waals surface area contributed by atoms with E-state index in [-0.39, 0.29) is 16.8 Å². The molecule has 0 aliphatic heterocycles. The highest BCUT2D eigenvalue weighted by molar-refractivity contribution is 7.99. The van der Waals surface area contributed by atoms with Gasteiger partial charge in [0.1, 0.15) is 5.69 Å². The lowest BCUT2D eigenvalue weighted by molar-refractivity contribution is -0.286. The number of alkyl halides is 5. The summed E-state index contributed by atoms with van der Waals surface area (Å²) < 4.78 is 65.6. The van der Waals surface area contributed by atoms with Crippen molar-refractivity contribution in [3.8, 4) is 11.4 Å². The molecule has 3 aromatic heterocycles. The van der Waals surface area contributed by atoms with Crippen LogP contribution in [0.5, 0.6) is 0 Å². The minimum absolute atomic E-state index is 0.159. The van der Waals surface area contributed by atoms with Gasteiger partial charge in [-0.25, -0.2) is 0 Å². The number of anilines is 1. The van der Waals surface area contributed by atoms with E-state index >= 15 is 0 Å². The summed E-state index contributed by atoms with van der Waals surface area (Å²) >= 11 is 1.44. The van der Waals surface area contributed by atoms with Crippen LogP contribution in [-0.4, -0.2) is 45.3 Å². The second-order valence-electron chi connectivity index (χ2n) is 7.14. The van der Waals surface area contributed by atoms with E-state index in [2.05, 4.69) is 9.97 Å². The predicted octanol–water partition coefficient (Wildman–Crippen LogP) is 4.75. The molecule has 0 saturated carbocycles. The molecule has 0 fully saturated rings. The molecule has 0 aliphatic carbocycles. The zero-order valence-electron chi connectivity index (χ0n) is 17.8. The quantitative estimate of drug-likeness (QED) is 0.372. The topological polar surface area (TPSA) is 68.1 Å². The Labute approximate surface area is 189 Å². The normalized spacial score (nSPS) is 12.2. The Bertz CT molecular complexity index is 1260. The van der Waals surface area contributed by atoms with Crippen LogP contribution in [-0.2, 0) is 11.3 Å². The van der Waals surface area contributed by atoms with E-state index in [0.29, 0.717) is 32.3 Å². The van der Waals surface area contributed by atoms with Crippen LogP contribution < -0.4 is 10.5 Å². The second-order valence-corrected chi connectivity index (χ2v) is 8.45. The highest BCUT2D eigenvalue weighted by Crippen LogP contribution is 2.37. The smallest absolute Gasteiger partial charge is 0.314 e. The average Bonchev–Trinajstić information content (AvgIpc) is 2.74. The molecular formula is C21H19F5N4O2S. The number of carbonyl (C=O) groups excluding carboxylic acids is 1. The van der Waals surface area contributed by atoms with Crippen molar-refractivity contribution in [2.24, 2.45) is 0 Å². The highest BCUT2D eigenvalue weighted by Gasteiger charge is 2.57. The zero-order valence-corrected chi connectivity index (χ0v) is 18.6. The Morgan fingerprint density at radius 1 is 1.12 bits per heavy atom. The van der Waals surface area contributed by atoms with Gasteiger partial charge in [-0.2, -0.15) is 22.0 Å². The summed E-state index contributed by atoms with van der Waals surface area (Å²) in [5.41, 5.74) is 0.183. The van der Waals surface area contributed by atoms with Crippen molar-refractivity contribution in [1.29, 1.82) is 0 Å². The maximum Gasteiger partial charge on any atom is 0.455 e. The number of thioether (sulfide) groups is 1. The molecule has 6 nitrogen and oxygen atoms in total. The Kier molecular flexibility index (Phi) is 6.78. The van der Waals surface area contributed by atoms with Crippen LogP contribution in [0.15, 0.2) is 46.3 Å². The molecule has 176 valence electrons. The molecule has 0 unspecified atom stereocenters. The van der Waals surface area contributed by atoms with Crippen molar-refractivity contribution >= 4 is 34.3 Å². The van der Waals surface area contributed by atoms with Gasteiger partial charge in [-0.05, 0) is 24.0 Å². The van der Waals surface area contributed by atoms with Crippen molar-refractivity contribution in [2.75, 3.05) is 17.7 Å². The van der Waals surface area contributed by atoms with E-state index in [9.17, 15) is 31.5 Å². The number of halogens is 5. The van der Waals surface area contributed by atoms with Crippen LogP contribution in [0.25, 0.3) is 22.3 Å². The summed E-state index contributed by atoms with van der Waals surface area (Å²) in [6, 6.07) is 5.48. The van der Waals surface area contributed by atoms with E-state index < -0.39 is 24.2 Å². The van der Waals surface area contributed by atoms with E-state index in [1.165, 1.54) is 41.9 Å². The SMILES string of the molecule is CCSc1cc(N(C)C(C)=O)cnc1-c1cc2ccc(=O)n(CC(F)(F)C(F)(F)F)c2cn1. The Morgan fingerprint density at radius 3 is 2.42 bits per heavy atom. The van der Waals surface area contributed by atoms with Gasteiger partial charge in [-0.15, -0.1) is 11.8 Å². The first kappa shape index (κ1) is 24.6. The molecule has 0 N–H and O–H groups in total. The van der Waals surface area contributed by atoms with Crippen LogP contribution in [0.4, 0.5) is 27.6 Å². The standard InChI is InChI=1S/C21H19F5N4O2S/c1-4-33-17-8-14(29(3)12(2)31)9-28-19(17)15-7-13-5-6-18(32)30(16(13)10-27-15)11-20(22,23)21(24,25)26/h5-10H,4,11H2,1-3H3. The molecule has 0 saturated heterocycles. The number of pyridine rings is 3. The van der Waals surface area contributed by atoms with Crippen molar-refractivity contribution in [3.63, 3.8) is 0 Å². The van der Waals surface area contributed by atoms with Gasteiger partial charge in [0.05, 0.1) is 35.8 Å². The molecular weight excluding hydrogens is 467 g/mol. The fourth-order valence-electron chi connectivity index (χ4n) is 3.03. The van der Waals surface area contributed by atoms with Crippen LogP contribution >= 0.6 is 11.8 Å². The first-order valence-corrected chi connectivity index (χ1v) is 10.7. The summed E-state index contributed by atoms with van der Waals surface area (Å²) in [4.78, 5) is 34.4. The van der Waals surface area contributed by atoms with Gasteiger partial charge in [0.2, 0.25) is 5.91 Å². The third-order valence-corrected chi connectivity index (χ3v) is 5.80. The number of hydrogen-bond donors (Lipinski definition) is 0. The lowest BCUT2D eigenvalue weighted by atomic mass is 10.1. The first-order chi connectivity index (χ1) is 15.4. The van der Waals surface area contributed by atoms with Gasteiger partial charge in [0.15, 0.2) is 0 Å². The second kappa shape index (κ2) is 9.08. The number of nitrogens with zero attached hydrogens (tertiary/aromatic N) is 4. The van der Waals surface area contributed by atoms with E-state index in [0.717, 1.165) is 12.3 Å². The monoisotopic (exact) mass is 486 g/mol. The zero-order chi connectivity index (χ0) is 24.6. The van der Waals surface area contributed by atoms with Gasteiger partial charge in [-0.1, -0.05) is 6.92 Å². The van der Waals surface area contributed by atoms with E-state index in [1.807, 2.05) is 6.92 Å². The molecule has 0 bridgehead atoms. The summed E-state index contributed by atoms with van der Waals surface area (Å²) in [5.74, 6) is -4.59. The molecule has 3 aromatic rings. The number of rotatable bonds is 6. The Hall–Kier alpha value is -3.02. The molecule has 0 radical (unpaired) electrons. The predicted molar refractivity (Wildman–Crippen MR) is 116 cm³/mol. The number of fused-ring (bicyclic) bond motifs is 1. The third kappa shape index (κ3) is 5.00. The Balaban J connectivity index is 2.11. The van der Waals surface area contributed by atoms with Crippen LogP contribution in [0.3, 0.4) is 0 Å². The summed E-state index contributed by atoms with van der Waals surface area (Å²) in [5, 5.41) is 0.247. The number of hydrogen-bond acceptors (Lipinski definition) is 5. The summed E-state index contributed by atoms with van der Waals surface area (Å²) in [6.45, 7) is 1.48. The number of aromatic nitrogens is 3. The summed E-state index contributed by atoms with van der Waals surface area (Å²) in [7, 11) is 1.60. The van der Waals surface area contributed by atoms with Gasteiger partial charge < -0.3 is 9.47 Å². The maximum atomic E-state index is 13.6. The van der Waals surface area contributed by atoms with Crippen LogP contribution in [0.1, 0.15) is 13.8 Å². The van der Waals surface area contributed by atoms with Crippen molar-refractivity contribution in [1.82, 2.24) is 14.5 Å². The molecule has 0 aliphatic rings. The van der Waals surface area contributed by atoms with Crippen LogP contribution in [0.2, 0.25) is 0 Å². The fraction of sp³-hybridized carbons (Fsp3) is 0.333. The maximum absolute atomic E-state index is 13.6. The van der Waals surface area contributed by atoms with Gasteiger partial charge in [0, 0.05) is 30.3 Å². The minimum Gasteiger partial charge on any atom is -0.314 e. The lowest BCUT2D eigenvalue weighted by Gasteiger charge is -2.21. The van der Waals surface area contributed by atoms with Crippen LogP contribution in [0, 0.1) is 0 Å². The largest absolute Gasteiger partial charge is 0.455 e. The Morgan fingerprint density at radius 2 is 1.82 bits per heavy atom. The lowest BCUT2D eigenvalue weighted by Crippen LogP contribution is -2.42. The van der Waals surface area contributed by atoms with Gasteiger partial charge >= 0.3 is 12.1 Å². The van der Waals surface area contributed by atoms with Crippen molar-refractivity contribution in [3.05, 3.63) is 47.0 Å². The molecule has 1 amide bonds. The minimum atomic E-state index is -5.80. The molecule has 0 spiro atoms. The summed E-state index contributed by atoms with van der Waals surface area (Å²) in [6.07, 6.45) is -3.24. The number of carbonyl (C=O) groups is 1. The highest BCUT2D eigenvalue weighted by atomic mass is 32.2. The molecule has 3 heterocycles. The van der Waals surface area contributed by atoms with E-state index in [1.54, 1.807) is 13.1 Å². The molecule has 33 heavy (non-hydrogen) atoms.